The highest BCUT2D eigenvalue weighted by atomic mass is 35.5. The van der Waals surface area contributed by atoms with Gasteiger partial charge in [-0.2, -0.15) is 0 Å². The summed E-state index contributed by atoms with van der Waals surface area (Å²) in [5.41, 5.74) is 3.33. The third-order valence-electron chi connectivity index (χ3n) is 4.18. The highest BCUT2D eigenvalue weighted by Crippen LogP contribution is 2.29. The Morgan fingerprint density at radius 2 is 1.89 bits per heavy atom. The number of fused-ring (bicyclic) bond motifs is 2. The van der Waals surface area contributed by atoms with Crippen LogP contribution in [0.1, 0.15) is 0 Å². The van der Waals surface area contributed by atoms with Crippen LogP contribution in [0, 0.1) is 0 Å². The van der Waals surface area contributed by atoms with Crippen molar-refractivity contribution < 1.29 is 4.74 Å². The highest BCUT2D eigenvalue weighted by Gasteiger charge is 2.09. The van der Waals surface area contributed by atoms with Gasteiger partial charge in [0.15, 0.2) is 0 Å². The number of H-pyrrole nitrogens is 2. The van der Waals surface area contributed by atoms with Crippen molar-refractivity contribution in [2.24, 2.45) is 0 Å². The monoisotopic (exact) mass is 375 g/mol. The zero-order chi connectivity index (χ0) is 18.2. The van der Waals surface area contributed by atoms with Crippen LogP contribution >= 0.6 is 11.6 Å². The molecular weight excluding hydrogens is 362 g/mol. The summed E-state index contributed by atoms with van der Waals surface area (Å²) in [6.45, 7) is 0. The van der Waals surface area contributed by atoms with Crippen molar-refractivity contribution in [2.75, 3.05) is 5.32 Å². The third-order valence-corrected chi connectivity index (χ3v) is 4.39. The van der Waals surface area contributed by atoms with E-state index < -0.39 is 0 Å². The average molecular weight is 376 g/mol. The molecule has 5 aromatic rings. The lowest BCUT2D eigenvalue weighted by atomic mass is 10.3. The van der Waals surface area contributed by atoms with Crippen LogP contribution in [0.4, 0.5) is 11.6 Å². The van der Waals surface area contributed by atoms with Gasteiger partial charge in [0.25, 0.3) is 0 Å². The molecule has 6 nitrogen and oxygen atoms in total. The van der Waals surface area contributed by atoms with Crippen LogP contribution in [0.5, 0.6) is 11.5 Å². The molecule has 3 N–H and O–H groups in total. The number of imidazole rings is 1. The molecule has 3 aromatic heterocycles. The van der Waals surface area contributed by atoms with Crippen molar-refractivity contribution in [3.63, 3.8) is 0 Å². The minimum atomic E-state index is 0.581. The van der Waals surface area contributed by atoms with Gasteiger partial charge in [0, 0.05) is 23.8 Å². The number of nitrogens with one attached hydrogen (secondary N) is 3. The normalized spacial score (nSPS) is 11.1. The van der Waals surface area contributed by atoms with Crippen molar-refractivity contribution in [1.82, 2.24) is 19.9 Å². The molecule has 132 valence electrons. The molecule has 0 fully saturated rings. The van der Waals surface area contributed by atoms with Gasteiger partial charge >= 0.3 is 0 Å². The second kappa shape index (κ2) is 6.34. The van der Waals surface area contributed by atoms with E-state index in [1.807, 2.05) is 60.8 Å². The molecule has 0 bridgehead atoms. The summed E-state index contributed by atoms with van der Waals surface area (Å²) in [7, 11) is 0. The second-order valence-electron chi connectivity index (χ2n) is 6.06. The molecule has 27 heavy (non-hydrogen) atoms. The van der Waals surface area contributed by atoms with Crippen LogP contribution in [0.25, 0.3) is 22.1 Å². The van der Waals surface area contributed by atoms with Gasteiger partial charge in [0.1, 0.15) is 17.1 Å². The fraction of sp³-hybridized carbons (Fsp3) is 0. The number of pyridine rings is 1. The second-order valence-corrected chi connectivity index (χ2v) is 6.49. The summed E-state index contributed by atoms with van der Waals surface area (Å²) in [5.74, 6) is 2.16. The van der Waals surface area contributed by atoms with E-state index in [9.17, 15) is 0 Å². The Balaban J connectivity index is 1.45. The van der Waals surface area contributed by atoms with Crippen molar-refractivity contribution in [1.29, 1.82) is 0 Å². The minimum Gasteiger partial charge on any atom is -0.457 e. The van der Waals surface area contributed by atoms with Crippen LogP contribution < -0.4 is 10.1 Å². The summed E-state index contributed by atoms with van der Waals surface area (Å²) in [4.78, 5) is 15.2. The van der Waals surface area contributed by atoms with E-state index in [-0.39, 0.29) is 0 Å². The number of hydrogen-bond donors (Lipinski definition) is 3. The molecule has 0 saturated carbocycles. The van der Waals surface area contributed by atoms with Crippen molar-refractivity contribution >= 4 is 45.3 Å². The van der Waals surface area contributed by atoms with Gasteiger partial charge in [-0.05, 0) is 30.3 Å². The van der Waals surface area contributed by atoms with Gasteiger partial charge in [-0.3, -0.25) is 0 Å². The molecule has 0 amide bonds. The number of benzene rings is 2. The molecule has 3 heterocycles. The molecule has 0 radical (unpaired) electrons. The fourth-order valence-electron chi connectivity index (χ4n) is 2.94. The maximum Gasteiger partial charge on any atom is 0.205 e. The van der Waals surface area contributed by atoms with Crippen LogP contribution in [0.2, 0.25) is 5.02 Å². The van der Waals surface area contributed by atoms with E-state index in [1.54, 1.807) is 6.20 Å². The number of nitrogens with zero attached hydrogens (tertiary/aromatic N) is 2. The summed E-state index contributed by atoms with van der Waals surface area (Å²) in [5, 5.41) is 4.76. The Kier molecular flexibility index (Phi) is 3.69. The van der Waals surface area contributed by atoms with Crippen LogP contribution in [-0.2, 0) is 0 Å². The molecule has 0 saturated heterocycles. The molecule has 2 aromatic carbocycles. The van der Waals surface area contributed by atoms with Gasteiger partial charge in [0.05, 0.1) is 21.7 Å². The Bertz CT molecular complexity index is 1250. The number of rotatable bonds is 4. The maximum atomic E-state index is 6.06. The SMILES string of the molecule is Clc1cnc2[nH]cc(Nc3nc4ccc(Oc5ccccc5)cc4[nH]3)c2c1. The van der Waals surface area contributed by atoms with Gasteiger partial charge in [-0.25, -0.2) is 9.97 Å². The third kappa shape index (κ3) is 3.07. The first-order valence-electron chi connectivity index (χ1n) is 8.37. The molecule has 0 aliphatic carbocycles. The van der Waals surface area contributed by atoms with Crippen LogP contribution in [-0.4, -0.2) is 19.9 Å². The van der Waals surface area contributed by atoms with Gasteiger partial charge in [0.2, 0.25) is 5.95 Å². The van der Waals surface area contributed by atoms with E-state index in [4.69, 9.17) is 16.3 Å². The largest absolute Gasteiger partial charge is 0.457 e. The average Bonchev–Trinajstić information content (AvgIpc) is 3.26. The first-order chi connectivity index (χ1) is 13.2. The van der Waals surface area contributed by atoms with Gasteiger partial charge in [-0.1, -0.05) is 29.8 Å². The Morgan fingerprint density at radius 3 is 2.78 bits per heavy atom. The summed E-state index contributed by atoms with van der Waals surface area (Å²) >= 11 is 6.06. The Morgan fingerprint density at radius 1 is 1.00 bits per heavy atom. The standard InChI is InChI=1S/C20H14ClN5O/c21-12-8-15-18(11-23-19(15)22-10-12)26-20-24-16-7-6-14(9-17(16)25-20)27-13-4-2-1-3-5-13/h1-11H,(H,22,23)(H2,24,25,26). The molecule has 0 aliphatic heterocycles. The quantitative estimate of drug-likeness (QED) is 0.380. The maximum absolute atomic E-state index is 6.06. The number of aromatic amines is 2. The van der Waals surface area contributed by atoms with Crippen LogP contribution in [0.15, 0.2) is 67.0 Å². The van der Waals surface area contributed by atoms with Gasteiger partial charge < -0.3 is 20.0 Å². The van der Waals surface area contributed by atoms with Crippen molar-refractivity contribution in [2.45, 2.75) is 0 Å². The minimum absolute atomic E-state index is 0.581. The highest BCUT2D eigenvalue weighted by molar-refractivity contribution is 6.31. The lowest BCUT2D eigenvalue weighted by molar-refractivity contribution is 0.483. The van der Waals surface area contributed by atoms with E-state index >= 15 is 0 Å². The molecule has 0 spiro atoms. The number of aromatic nitrogens is 4. The van der Waals surface area contributed by atoms with Crippen LogP contribution in [0.3, 0.4) is 0 Å². The topological polar surface area (TPSA) is 78.6 Å². The first-order valence-corrected chi connectivity index (χ1v) is 8.75. The number of hydrogen-bond acceptors (Lipinski definition) is 4. The number of ether oxygens (including phenoxy) is 1. The Labute approximate surface area is 159 Å². The molecule has 5 rings (SSSR count). The van der Waals surface area contributed by atoms with E-state index in [1.165, 1.54) is 0 Å². The molecule has 0 atom stereocenters. The smallest absolute Gasteiger partial charge is 0.205 e. The van der Waals surface area contributed by atoms with E-state index in [2.05, 4.69) is 25.3 Å². The summed E-state index contributed by atoms with van der Waals surface area (Å²) < 4.78 is 5.88. The number of halogens is 1. The zero-order valence-electron chi connectivity index (χ0n) is 14.0. The predicted octanol–water partition coefficient (Wildman–Crippen LogP) is 5.63. The first kappa shape index (κ1) is 15.7. The summed E-state index contributed by atoms with van der Waals surface area (Å²) in [6.07, 6.45) is 3.45. The predicted molar refractivity (Wildman–Crippen MR) is 107 cm³/mol. The lowest BCUT2D eigenvalue weighted by Crippen LogP contribution is -1.90. The lowest BCUT2D eigenvalue weighted by Gasteiger charge is -2.04. The zero-order valence-corrected chi connectivity index (χ0v) is 14.8. The number of para-hydroxylation sites is 1. The van der Waals surface area contributed by atoms with E-state index in [0.29, 0.717) is 11.0 Å². The summed E-state index contributed by atoms with van der Waals surface area (Å²) in [6, 6.07) is 17.3. The molecular formula is C20H14ClN5O. The fourth-order valence-corrected chi connectivity index (χ4v) is 3.10. The molecule has 7 heteroatoms. The van der Waals surface area contributed by atoms with Gasteiger partial charge in [-0.15, -0.1) is 0 Å². The van der Waals surface area contributed by atoms with Crippen molar-refractivity contribution in [3.8, 4) is 11.5 Å². The van der Waals surface area contributed by atoms with E-state index in [0.717, 1.165) is 39.3 Å². The number of anilines is 2. The van der Waals surface area contributed by atoms with Crippen molar-refractivity contribution in [3.05, 3.63) is 72.0 Å². The molecule has 0 unspecified atom stereocenters. The Hall–Kier alpha value is -3.51. The molecule has 0 aliphatic rings.